The van der Waals surface area contributed by atoms with Gasteiger partial charge in [-0.2, -0.15) is 0 Å². The number of rotatable bonds is 6. The first kappa shape index (κ1) is 14.3. The maximum Gasteiger partial charge on any atom is 0.303 e. The Bertz CT molecular complexity index is 390. The molecular formula is C13H17IO3. The van der Waals surface area contributed by atoms with E-state index in [2.05, 4.69) is 28.7 Å². The second kappa shape index (κ2) is 6.83. The van der Waals surface area contributed by atoms with Gasteiger partial charge in [0.05, 0.1) is 7.11 Å². The molecule has 1 unspecified atom stereocenters. The van der Waals surface area contributed by atoms with Crippen LogP contribution in [0.3, 0.4) is 0 Å². The summed E-state index contributed by atoms with van der Waals surface area (Å²) >= 11 is 2.27. The van der Waals surface area contributed by atoms with Crippen molar-refractivity contribution in [2.45, 2.75) is 26.2 Å². The molecule has 1 aromatic carbocycles. The maximum absolute atomic E-state index is 10.6. The molecule has 0 bridgehead atoms. The zero-order valence-corrected chi connectivity index (χ0v) is 12.2. The third-order valence-electron chi connectivity index (χ3n) is 2.67. The Hall–Kier alpha value is -0.780. The number of benzene rings is 1. The third kappa shape index (κ3) is 4.93. The summed E-state index contributed by atoms with van der Waals surface area (Å²) in [7, 11) is 1.66. The van der Waals surface area contributed by atoms with Gasteiger partial charge in [0.15, 0.2) is 0 Å². The Morgan fingerprint density at radius 1 is 1.53 bits per heavy atom. The van der Waals surface area contributed by atoms with Gasteiger partial charge < -0.3 is 9.84 Å². The minimum atomic E-state index is -0.730. The molecular weight excluding hydrogens is 331 g/mol. The average molecular weight is 348 g/mol. The third-order valence-corrected chi connectivity index (χ3v) is 3.34. The molecule has 94 valence electrons. The predicted octanol–water partition coefficient (Wildman–Crippen LogP) is 3.34. The highest BCUT2D eigenvalue weighted by Gasteiger charge is 2.10. The Kier molecular flexibility index (Phi) is 5.74. The van der Waals surface area contributed by atoms with E-state index in [-0.39, 0.29) is 12.3 Å². The van der Waals surface area contributed by atoms with Crippen molar-refractivity contribution in [1.29, 1.82) is 0 Å². The number of methoxy groups -OCH3 is 1. The van der Waals surface area contributed by atoms with Gasteiger partial charge in [0.2, 0.25) is 0 Å². The number of hydrogen-bond acceptors (Lipinski definition) is 2. The van der Waals surface area contributed by atoms with Gasteiger partial charge in [0.25, 0.3) is 0 Å². The summed E-state index contributed by atoms with van der Waals surface area (Å²) in [4.78, 5) is 10.6. The van der Waals surface area contributed by atoms with E-state index in [1.54, 1.807) is 7.11 Å². The lowest BCUT2D eigenvalue weighted by Gasteiger charge is -2.11. The van der Waals surface area contributed by atoms with Gasteiger partial charge in [0.1, 0.15) is 5.75 Å². The van der Waals surface area contributed by atoms with Gasteiger partial charge in [-0.3, -0.25) is 4.79 Å². The average Bonchev–Trinajstić information content (AvgIpc) is 2.25. The van der Waals surface area contributed by atoms with Crippen LogP contribution < -0.4 is 4.74 Å². The summed E-state index contributed by atoms with van der Waals surface area (Å²) in [5, 5.41) is 8.70. The van der Waals surface area contributed by atoms with Crippen molar-refractivity contribution < 1.29 is 14.6 Å². The van der Waals surface area contributed by atoms with Crippen LogP contribution in [0.25, 0.3) is 0 Å². The predicted molar refractivity (Wildman–Crippen MR) is 75.4 cm³/mol. The van der Waals surface area contributed by atoms with E-state index in [4.69, 9.17) is 9.84 Å². The summed E-state index contributed by atoms with van der Waals surface area (Å²) < 4.78 is 6.46. The molecule has 0 heterocycles. The summed E-state index contributed by atoms with van der Waals surface area (Å²) in [5.74, 6) is 0.343. The van der Waals surface area contributed by atoms with Gasteiger partial charge in [0, 0.05) is 9.99 Å². The van der Waals surface area contributed by atoms with E-state index in [0.29, 0.717) is 0 Å². The van der Waals surface area contributed by atoms with Gasteiger partial charge in [-0.1, -0.05) is 6.92 Å². The number of carboxylic acids is 1. The molecule has 0 aliphatic rings. The van der Waals surface area contributed by atoms with E-state index in [1.165, 1.54) is 3.57 Å². The van der Waals surface area contributed by atoms with Gasteiger partial charge in [-0.05, 0) is 65.1 Å². The van der Waals surface area contributed by atoms with Crippen LogP contribution in [0.4, 0.5) is 0 Å². The highest BCUT2D eigenvalue weighted by molar-refractivity contribution is 14.1. The molecule has 0 saturated carbocycles. The molecule has 1 rings (SSSR count). The molecule has 0 amide bonds. The molecule has 4 heteroatoms. The Balaban J connectivity index is 2.61. The lowest BCUT2D eigenvalue weighted by molar-refractivity contribution is -0.138. The lowest BCUT2D eigenvalue weighted by atomic mass is 9.98. The smallest absolute Gasteiger partial charge is 0.303 e. The number of aryl methyl sites for hydroxylation is 1. The van der Waals surface area contributed by atoms with Crippen LogP contribution in [-0.4, -0.2) is 18.2 Å². The monoisotopic (exact) mass is 348 g/mol. The van der Waals surface area contributed by atoms with E-state index >= 15 is 0 Å². The van der Waals surface area contributed by atoms with Gasteiger partial charge in [-0.25, -0.2) is 0 Å². The highest BCUT2D eigenvalue weighted by atomic mass is 127. The van der Waals surface area contributed by atoms with Crippen molar-refractivity contribution in [3.63, 3.8) is 0 Å². The zero-order valence-electron chi connectivity index (χ0n) is 10.1. The highest BCUT2D eigenvalue weighted by Crippen LogP contribution is 2.24. The molecule has 0 saturated heterocycles. The van der Waals surface area contributed by atoms with Crippen LogP contribution in [0.1, 0.15) is 25.3 Å². The fourth-order valence-corrected chi connectivity index (χ4v) is 2.30. The molecule has 0 aliphatic heterocycles. The zero-order chi connectivity index (χ0) is 12.8. The van der Waals surface area contributed by atoms with Crippen molar-refractivity contribution in [2.24, 2.45) is 5.92 Å². The topological polar surface area (TPSA) is 46.5 Å². The first-order valence-electron chi connectivity index (χ1n) is 5.57. The number of halogens is 1. The molecule has 0 aliphatic carbocycles. The van der Waals surface area contributed by atoms with E-state index in [9.17, 15) is 4.79 Å². The van der Waals surface area contributed by atoms with Crippen molar-refractivity contribution in [1.82, 2.24) is 0 Å². The minimum Gasteiger partial charge on any atom is -0.496 e. The number of aliphatic carboxylic acids is 1. The molecule has 0 aromatic heterocycles. The van der Waals surface area contributed by atoms with E-state index < -0.39 is 5.97 Å². The van der Waals surface area contributed by atoms with Crippen LogP contribution >= 0.6 is 22.6 Å². The largest absolute Gasteiger partial charge is 0.496 e. The normalized spacial score (nSPS) is 12.2. The Labute approximate surface area is 115 Å². The van der Waals surface area contributed by atoms with Crippen LogP contribution in [0.2, 0.25) is 0 Å². The molecule has 1 N–H and O–H groups in total. The molecule has 3 nitrogen and oxygen atoms in total. The Morgan fingerprint density at radius 3 is 2.82 bits per heavy atom. The molecule has 0 fully saturated rings. The van der Waals surface area contributed by atoms with Crippen molar-refractivity contribution in [2.75, 3.05) is 7.11 Å². The Morgan fingerprint density at radius 2 is 2.24 bits per heavy atom. The quantitative estimate of drug-likeness (QED) is 0.802. The number of ether oxygens (including phenoxy) is 1. The van der Waals surface area contributed by atoms with Crippen LogP contribution in [0.15, 0.2) is 18.2 Å². The fraction of sp³-hybridized carbons (Fsp3) is 0.462. The van der Waals surface area contributed by atoms with Crippen LogP contribution in [-0.2, 0) is 11.2 Å². The van der Waals surface area contributed by atoms with E-state index in [1.807, 2.05) is 19.1 Å². The minimum absolute atomic E-state index is 0.190. The van der Waals surface area contributed by atoms with Crippen LogP contribution in [0.5, 0.6) is 5.75 Å². The van der Waals surface area contributed by atoms with E-state index in [0.717, 1.165) is 24.2 Å². The number of hydrogen-bond donors (Lipinski definition) is 1. The second-order valence-electron chi connectivity index (χ2n) is 4.20. The second-order valence-corrected chi connectivity index (χ2v) is 5.44. The van der Waals surface area contributed by atoms with Crippen molar-refractivity contribution >= 4 is 28.6 Å². The number of carbonyl (C=O) groups is 1. The van der Waals surface area contributed by atoms with Crippen molar-refractivity contribution in [3.05, 3.63) is 27.3 Å². The number of carboxylic acid groups (broad SMARTS) is 1. The van der Waals surface area contributed by atoms with Crippen LogP contribution in [0, 0.1) is 9.49 Å². The molecule has 17 heavy (non-hydrogen) atoms. The SMILES string of the molecule is COc1ccc(I)cc1CCC(C)CC(=O)O. The first-order chi connectivity index (χ1) is 8.02. The molecule has 0 spiro atoms. The molecule has 1 atom stereocenters. The molecule has 0 radical (unpaired) electrons. The lowest BCUT2D eigenvalue weighted by Crippen LogP contribution is -2.05. The summed E-state index contributed by atoms with van der Waals surface area (Å²) in [6.07, 6.45) is 1.95. The van der Waals surface area contributed by atoms with Gasteiger partial charge >= 0.3 is 5.97 Å². The maximum atomic E-state index is 10.6. The summed E-state index contributed by atoms with van der Waals surface area (Å²) in [6.45, 7) is 1.97. The standard InChI is InChI=1S/C13H17IO3/c1-9(7-13(15)16)3-4-10-8-11(14)5-6-12(10)17-2/h5-6,8-9H,3-4,7H2,1-2H3,(H,15,16). The summed E-state index contributed by atoms with van der Waals surface area (Å²) in [6, 6.07) is 6.05. The summed E-state index contributed by atoms with van der Waals surface area (Å²) in [5.41, 5.74) is 1.15. The fourth-order valence-electron chi connectivity index (χ4n) is 1.74. The molecule has 1 aromatic rings. The van der Waals surface area contributed by atoms with Gasteiger partial charge in [-0.15, -0.1) is 0 Å². The first-order valence-corrected chi connectivity index (χ1v) is 6.65. The van der Waals surface area contributed by atoms with Crippen molar-refractivity contribution in [3.8, 4) is 5.75 Å².